The molecule has 0 fully saturated rings. The van der Waals surface area contributed by atoms with Gasteiger partial charge in [-0.1, -0.05) is 23.8 Å². The molecule has 23 heavy (non-hydrogen) atoms. The Labute approximate surface area is 134 Å². The third-order valence-electron chi connectivity index (χ3n) is 3.55. The first-order chi connectivity index (χ1) is 11.0. The topological polar surface area (TPSA) is 73.3 Å². The maximum atomic E-state index is 11.6. The van der Waals surface area contributed by atoms with Gasteiger partial charge in [0.2, 0.25) is 0 Å². The van der Waals surface area contributed by atoms with Crippen molar-refractivity contribution in [1.82, 2.24) is 9.55 Å². The summed E-state index contributed by atoms with van der Waals surface area (Å²) in [4.78, 5) is 25.1. The lowest BCUT2D eigenvalue weighted by Crippen LogP contribution is -2.31. The van der Waals surface area contributed by atoms with Gasteiger partial charge in [-0.3, -0.25) is 14.3 Å². The summed E-state index contributed by atoms with van der Waals surface area (Å²) < 4.78 is 12.3. The van der Waals surface area contributed by atoms with Crippen LogP contribution in [0.15, 0.2) is 34.0 Å². The van der Waals surface area contributed by atoms with Gasteiger partial charge in [-0.2, -0.15) is 0 Å². The van der Waals surface area contributed by atoms with E-state index in [-0.39, 0.29) is 12.3 Å². The molecule has 2 rings (SSSR count). The second kappa shape index (κ2) is 7.89. The number of rotatable bonds is 7. The third kappa shape index (κ3) is 4.91. The molecule has 0 unspecified atom stereocenters. The van der Waals surface area contributed by atoms with E-state index in [0.29, 0.717) is 25.4 Å². The number of ether oxygens (including phenoxy) is 2. The van der Waals surface area contributed by atoms with Gasteiger partial charge < -0.3 is 9.47 Å². The fourth-order valence-corrected chi connectivity index (χ4v) is 2.13. The van der Waals surface area contributed by atoms with Crippen LogP contribution in [-0.2, 0) is 22.8 Å². The average Bonchev–Trinajstić information content (AvgIpc) is 2.51. The van der Waals surface area contributed by atoms with Crippen molar-refractivity contribution in [3.63, 3.8) is 0 Å². The zero-order chi connectivity index (χ0) is 16.8. The number of nitrogens with zero attached hydrogens (tertiary/aromatic N) is 1. The van der Waals surface area contributed by atoms with E-state index in [1.807, 2.05) is 0 Å². The van der Waals surface area contributed by atoms with Gasteiger partial charge in [0.05, 0.1) is 19.8 Å². The number of benzene rings is 1. The molecular formula is C17H22N2O4. The summed E-state index contributed by atoms with van der Waals surface area (Å²) in [6, 6.07) is 6.26. The minimum atomic E-state index is -0.475. The number of aryl methyl sites for hydroxylation is 3. The van der Waals surface area contributed by atoms with Gasteiger partial charge in [-0.15, -0.1) is 0 Å². The second-order valence-electron chi connectivity index (χ2n) is 5.56. The Morgan fingerprint density at radius 1 is 1.04 bits per heavy atom. The molecule has 2 aromatic rings. The minimum absolute atomic E-state index is 0.0866. The van der Waals surface area contributed by atoms with Crippen LogP contribution in [0.5, 0.6) is 0 Å². The molecule has 0 aliphatic rings. The van der Waals surface area contributed by atoms with Crippen molar-refractivity contribution in [3.05, 3.63) is 67.5 Å². The van der Waals surface area contributed by atoms with E-state index in [1.165, 1.54) is 21.9 Å². The van der Waals surface area contributed by atoms with Gasteiger partial charge in [0.15, 0.2) is 0 Å². The van der Waals surface area contributed by atoms with Crippen LogP contribution < -0.4 is 11.2 Å². The van der Waals surface area contributed by atoms with E-state index < -0.39 is 5.69 Å². The molecule has 0 radical (unpaired) electrons. The van der Waals surface area contributed by atoms with Gasteiger partial charge >= 0.3 is 5.69 Å². The molecule has 124 valence electrons. The molecule has 1 aromatic heterocycles. The van der Waals surface area contributed by atoms with Crippen molar-refractivity contribution in [3.8, 4) is 0 Å². The highest BCUT2D eigenvalue weighted by atomic mass is 16.5. The molecule has 0 bridgehead atoms. The van der Waals surface area contributed by atoms with Crippen molar-refractivity contribution < 1.29 is 9.47 Å². The van der Waals surface area contributed by atoms with E-state index in [4.69, 9.17) is 9.47 Å². The van der Waals surface area contributed by atoms with Crippen molar-refractivity contribution in [1.29, 1.82) is 0 Å². The summed E-state index contributed by atoms with van der Waals surface area (Å²) in [7, 11) is 0. The summed E-state index contributed by atoms with van der Waals surface area (Å²) in [6.45, 7) is 7.18. The lowest BCUT2D eigenvalue weighted by molar-refractivity contribution is 0.0119. The predicted molar refractivity (Wildman–Crippen MR) is 87.6 cm³/mol. The normalized spacial score (nSPS) is 10.9. The maximum Gasteiger partial charge on any atom is 0.330 e. The first-order valence-corrected chi connectivity index (χ1v) is 7.49. The Morgan fingerprint density at radius 2 is 1.78 bits per heavy atom. The summed E-state index contributed by atoms with van der Waals surface area (Å²) >= 11 is 0. The van der Waals surface area contributed by atoms with Gasteiger partial charge in [0.25, 0.3) is 5.56 Å². The highest BCUT2D eigenvalue weighted by Gasteiger charge is 2.01. The Hall–Kier alpha value is -2.18. The fourth-order valence-electron chi connectivity index (χ4n) is 2.13. The van der Waals surface area contributed by atoms with Crippen LogP contribution in [0.4, 0.5) is 0 Å². The van der Waals surface area contributed by atoms with E-state index in [2.05, 4.69) is 37.0 Å². The molecule has 0 aliphatic carbocycles. The van der Waals surface area contributed by atoms with Gasteiger partial charge in [-0.25, -0.2) is 4.79 Å². The quantitative estimate of drug-likeness (QED) is 0.788. The Bertz CT molecular complexity index is 777. The Balaban J connectivity index is 1.74. The van der Waals surface area contributed by atoms with Crippen LogP contribution >= 0.6 is 0 Å². The number of hydrogen-bond donors (Lipinski definition) is 1. The van der Waals surface area contributed by atoms with Crippen molar-refractivity contribution in [2.24, 2.45) is 0 Å². The number of hydrogen-bond acceptors (Lipinski definition) is 4. The molecule has 0 amide bonds. The third-order valence-corrected chi connectivity index (χ3v) is 3.55. The first kappa shape index (κ1) is 17.2. The van der Waals surface area contributed by atoms with E-state index in [9.17, 15) is 9.59 Å². The standard InChI is InChI=1S/C17H22N2O4/c1-12-4-5-13(2)15(8-12)10-22-6-7-23-11-19-9-14(3)16(20)18-17(19)21/h4-5,8-9H,6-7,10-11H2,1-3H3,(H,18,20,21). The molecule has 6 nitrogen and oxygen atoms in total. The van der Waals surface area contributed by atoms with Gasteiger partial charge in [0, 0.05) is 11.8 Å². The number of H-pyrrole nitrogens is 1. The number of nitrogens with one attached hydrogen (secondary N) is 1. The molecular weight excluding hydrogens is 296 g/mol. The van der Waals surface area contributed by atoms with Crippen LogP contribution in [0, 0.1) is 20.8 Å². The van der Waals surface area contributed by atoms with Crippen LogP contribution in [0.2, 0.25) is 0 Å². The smallest absolute Gasteiger partial charge is 0.330 e. The van der Waals surface area contributed by atoms with Crippen LogP contribution in [0.1, 0.15) is 22.3 Å². The number of aromatic nitrogens is 2. The predicted octanol–water partition coefficient (Wildman–Crippen LogP) is 1.65. The van der Waals surface area contributed by atoms with Crippen molar-refractivity contribution in [2.75, 3.05) is 13.2 Å². The second-order valence-corrected chi connectivity index (χ2v) is 5.56. The van der Waals surface area contributed by atoms with Crippen LogP contribution in [-0.4, -0.2) is 22.8 Å². The van der Waals surface area contributed by atoms with Gasteiger partial charge in [0.1, 0.15) is 6.73 Å². The molecule has 0 saturated heterocycles. The molecule has 1 N–H and O–H groups in total. The maximum absolute atomic E-state index is 11.6. The fraction of sp³-hybridized carbons (Fsp3) is 0.412. The zero-order valence-electron chi connectivity index (χ0n) is 13.7. The van der Waals surface area contributed by atoms with E-state index in [0.717, 1.165) is 5.56 Å². The molecule has 0 saturated carbocycles. The van der Waals surface area contributed by atoms with Crippen LogP contribution in [0.25, 0.3) is 0 Å². The SMILES string of the molecule is Cc1ccc(C)c(COCCOCn2cc(C)c(=O)[nH]c2=O)c1. The van der Waals surface area contributed by atoms with E-state index >= 15 is 0 Å². The molecule has 1 heterocycles. The van der Waals surface area contributed by atoms with Gasteiger partial charge in [-0.05, 0) is 31.9 Å². The van der Waals surface area contributed by atoms with Crippen LogP contribution in [0.3, 0.4) is 0 Å². The number of aromatic amines is 1. The average molecular weight is 318 g/mol. The lowest BCUT2D eigenvalue weighted by Gasteiger charge is -2.10. The molecule has 1 aromatic carbocycles. The molecule has 0 aliphatic heterocycles. The zero-order valence-corrected chi connectivity index (χ0v) is 13.7. The molecule has 0 atom stereocenters. The summed E-state index contributed by atoms with van der Waals surface area (Å²) in [5, 5.41) is 0. The van der Waals surface area contributed by atoms with Crippen molar-refractivity contribution in [2.45, 2.75) is 34.1 Å². The van der Waals surface area contributed by atoms with E-state index in [1.54, 1.807) is 6.92 Å². The first-order valence-electron chi connectivity index (χ1n) is 7.49. The Morgan fingerprint density at radius 3 is 2.57 bits per heavy atom. The molecule has 6 heteroatoms. The summed E-state index contributed by atoms with van der Waals surface area (Å²) in [5.74, 6) is 0. The monoisotopic (exact) mass is 318 g/mol. The summed E-state index contributed by atoms with van der Waals surface area (Å²) in [6.07, 6.45) is 1.48. The minimum Gasteiger partial charge on any atom is -0.374 e. The molecule has 0 spiro atoms. The Kier molecular flexibility index (Phi) is 5.90. The summed E-state index contributed by atoms with van der Waals surface area (Å²) in [5.41, 5.74) is 3.20. The highest BCUT2D eigenvalue weighted by Crippen LogP contribution is 2.11. The highest BCUT2D eigenvalue weighted by molar-refractivity contribution is 5.29. The van der Waals surface area contributed by atoms with Crippen molar-refractivity contribution >= 4 is 0 Å². The largest absolute Gasteiger partial charge is 0.374 e. The lowest BCUT2D eigenvalue weighted by atomic mass is 10.1.